The van der Waals surface area contributed by atoms with E-state index in [1.54, 1.807) is 24.2 Å². The fourth-order valence-corrected chi connectivity index (χ4v) is 3.09. The van der Waals surface area contributed by atoms with Crippen LogP contribution >= 0.6 is 23.4 Å². The molecule has 0 unspecified atom stereocenters. The molecular formula is C16H19ClN2S. The average Bonchev–Trinajstić information content (AvgIpc) is 2.47. The van der Waals surface area contributed by atoms with E-state index in [0.29, 0.717) is 0 Å². The molecule has 1 heterocycles. The standard InChI is InChI=1S/C16H19ClN2S/c1-2-7-18-10-13-4-3-5-15(9-13)20-12-14-6-8-19-11-16(14)17/h3-6,8-9,11,18H,2,7,10,12H2,1H3. The topological polar surface area (TPSA) is 24.9 Å². The number of aromatic nitrogens is 1. The molecule has 0 bridgehead atoms. The van der Waals surface area contributed by atoms with Crippen molar-refractivity contribution >= 4 is 23.4 Å². The maximum Gasteiger partial charge on any atom is 0.0629 e. The Labute approximate surface area is 130 Å². The van der Waals surface area contributed by atoms with Crippen LogP contribution < -0.4 is 5.32 Å². The predicted molar refractivity (Wildman–Crippen MR) is 87.2 cm³/mol. The highest BCUT2D eigenvalue weighted by atomic mass is 35.5. The summed E-state index contributed by atoms with van der Waals surface area (Å²) in [5.74, 6) is 0.868. The lowest BCUT2D eigenvalue weighted by molar-refractivity contribution is 0.674. The van der Waals surface area contributed by atoms with Crippen molar-refractivity contribution in [1.82, 2.24) is 10.3 Å². The first kappa shape index (κ1) is 15.4. The Hall–Kier alpha value is -1.03. The van der Waals surface area contributed by atoms with E-state index in [9.17, 15) is 0 Å². The molecule has 106 valence electrons. The highest BCUT2D eigenvalue weighted by Gasteiger charge is 2.02. The zero-order chi connectivity index (χ0) is 14.2. The first-order valence-corrected chi connectivity index (χ1v) is 8.17. The van der Waals surface area contributed by atoms with Gasteiger partial charge in [0.2, 0.25) is 0 Å². The number of hydrogen-bond donors (Lipinski definition) is 1. The molecule has 0 fully saturated rings. The third-order valence-corrected chi connectivity index (χ3v) is 4.29. The van der Waals surface area contributed by atoms with E-state index in [4.69, 9.17) is 11.6 Å². The smallest absolute Gasteiger partial charge is 0.0629 e. The number of benzene rings is 1. The lowest BCUT2D eigenvalue weighted by atomic mass is 10.2. The number of halogens is 1. The minimum atomic E-state index is 0.737. The summed E-state index contributed by atoms with van der Waals surface area (Å²) in [7, 11) is 0. The number of rotatable bonds is 7. The monoisotopic (exact) mass is 306 g/mol. The van der Waals surface area contributed by atoms with E-state index in [-0.39, 0.29) is 0 Å². The van der Waals surface area contributed by atoms with Gasteiger partial charge in [0.25, 0.3) is 0 Å². The zero-order valence-electron chi connectivity index (χ0n) is 11.6. The Kier molecular flexibility index (Phi) is 6.37. The van der Waals surface area contributed by atoms with Gasteiger partial charge >= 0.3 is 0 Å². The van der Waals surface area contributed by atoms with Crippen LogP contribution in [-0.2, 0) is 12.3 Å². The van der Waals surface area contributed by atoms with Gasteiger partial charge in [-0.25, -0.2) is 0 Å². The molecule has 2 nitrogen and oxygen atoms in total. The van der Waals surface area contributed by atoms with Crippen LogP contribution in [0, 0.1) is 0 Å². The summed E-state index contributed by atoms with van der Waals surface area (Å²) in [6, 6.07) is 10.6. The molecule has 0 atom stereocenters. The maximum atomic E-state index is 6.12. The normalized spacial score (nSPS) is 10.7. The van der Waals surface area contributed by atoms with Crippen molar-refractivity contribution in [2.75, 3.05) is 6.54 Å². The van der Waals surface area contributed by atoms with Gasteiger partial charge in [0.1, 0.15) is 0 Å². The third kappa shape index (κ3) is 4.82. The van der Waals surface area contributed by atoms with Gasteiger partial charge in [-0.2, -0.15) is 0 Å². The number of hydrogen-bond acceptors (Lipinski definition) is 3. The summed E-state index contributed by atoms with van der Waals surface area (Å²) in [5.41, 5.74) is 2.45. The number of thioether (sulfide) groups is 1. The van der Waals surface area contributed by atoms with Gasteiger partial charge in [-0.1, -0.05) is 30.7 Å². The largest absolute Gasteiger partial charge is 0.313 e. The van der Waals surface area contributed by atoms with Crippen LogP contribution in [0.5, 0.6) is 0 Å². The molecule has 0 amide bonds. The second-order valence-corrected chi connectivity index (χ2v) is 6.04. The van der Waals surface area contributed by atoms with Crippen molar-refractivity contribution in [2.24, 2.45) is 0 Å². The highest BCUT2D eigenvalue weighted by molar-refractivity contribution is 7.98. The molecule has 20 heavy (non-hydrogen) atoms. The minimum Gasteiger partial charge on any atom is -0.313 e. The van der Waals surface area contributed by atoms with Gasteiger partial charge in [-0.15, -0.1) is 11.8 Å². The van der Waals surface area contributed by atoms with Crippen LogP contribution in [0.25, 0.3) is 0 Å². The van der Waals surface area contributed by atoms with Crippen molar-refractivity contribution < 1.29 is 0 Å². The molecule has 0 aliphatic carbocycles. The molecule has 1 aromatic heterocycles. The number of nitrogens with zero attached hydrogens (tertiary/aromatic N) is 1. The summed E-state index contributed by atoms with van der Waals surface area (Å²) in [4.78, 5) is 5.28. The fourth-order valence-electron chi connectivity index (χ4n) is 1.84. The molecule has 4 heteroatoms. The average molecular weight is 307 g/mol. The first-order chi connectivity index (χ1) is 9.79. The molecule has 0 radical (unpaired) electrons. The van der Waals surface area contributed by atoms with Crippen LogP contribution in [0.15, 0.2) is 47.6 Å². The van der Waals surface area contributed by atoms with E-state index in [1.165, 1.54) is 10.5 Å². The van der Waals surface area contributed by atoms with Crippen LogP contribution in [0.4, 0.5) is 0 Å². The molecule has 0 aliphatic heterocycles. The summed E-state index contributed by atoms with van der Waals surface area (Å²) in [6.07, 6.45) is 4.64. The van der Waals surface area contributed by atoms with Crippen molar-refractivity contribution in [3.8, 4) is 0 Å². The molecule has 2 aromatic rings. The second kappa shape index (κ2) is 8.30. The van der Waals surface area contributed by atoms with Crippen molar-refractivity contribution in [3.63, 3.8) is 0 Å². The van der Waals surface area contributed by atoms with Crippen LogP contribution in [0.2, 0.25) is 5.02 Å². The number of pyridine rings is 1. The lowest BCUT2D eigenvalue weighted by Gasteiger charge is -2.07. The first-order valence-electron chi connectivity index (χ1n) is 6.80. The van der Waals surface area contributed by atoms with Gasteiger partial charge in [0, 0.05) is 29.6 Å². The van der Waals surface area contributed by atoms with Crippen LogP contribution in [0.3, 0.4) is 0 Å². The molecule has 2 rings (SSSR count). The SMILES string of the molecule is CCCNCc1cccc(SCc2ccncc2Cl)c1. The van der Waals surface area contributed by atoms with Crippen LogP contribution in [-0.4, -0.2) is 11.5 Å². The lowest BCUT2D eigenvalue weighted by Crippen LogP contribution is -2.13. The molecule has 0 spiro atoms. The predicted octanol–water partition coefficient (Wildman–Crippen LogP) is 4.53. The fraction of sp³-hybridized carbons (Fsp3) is 0.312. The van der Waals surface area contributed by atoms with Gasteiger partial charge in [-0.3, -0.25) is 4.98 Å². The quantitative estimate of drug-likeness (QED) is 0.601. The van der Waals surface area contributed by atoms with E-state index >= 15 is 0 Å². The van der Waals surface area contributed by atoms with E-state index < -0.39 is 0 Å². The third-order valence-electron chi connectivity index (χ3n) is 2.91. The van der Waals surface area contributed by atoms with Gasteiger partial charge < -0.3 is 5.32 Å². The summed E-state index contributed by atoms with van der Waals surface area (Å²) >= 11 is 7.92. The van der Waals surface area contributed by atoms with Crippen molar-refractivity contribution in [2.45, 2.75) is 30.5 Å². The Balaban J connectivity index is 1.93. The maximum absolute atomic E-state index is 6.12. The van der Waals surface area contributed by atoms with Crippen LogP contribution in [0.1, 0.15) is 24.5 Å². The summed E-state index contributed by atoms with van der Waals surface area (Å²) in [6.45, 7) is 4.17. The minimum absolute atomic E-state index is 0.737. The van der Waals surface area contributed by atoms with E-state index in [2.05, 4.69) is 41.5 Å². The highest BCUT2D eigenvalue weighted by Crippen LogP contribution is 2.26. The molecule has 0 saturated carbocycles. The van der Waals surface area contributed by atoms with Gasteiger partial charge in [0.05, 0.1) is 5.02 Å². The molecule has 0 aliphatic rings. The van der Waals surface area contributed by atoms with Crippen molar-refractivity contribution in [3.05, 3.63) is 58.9 Å². The molecule has 0 saturated heterocycles. The molecular weight excluding hydrogens is 288 g/mol. The van der Waals surface area contributed by atoms with Gasteiger partial charge in [-0.05, 0) is 42.3 Å². The molecule has 1 aromatic carbocycles. The van der Waals surface area contributed by atoms with E-state index in [0.717, 1.165) is 35.8 Å². The Morgan fingerprint density at radius 3 is 3.00 bits per heavy atom. The van der Waals surface area contributed by atoms with Crippen molar-refractivity contribution in [1.29, 1.82) is 0 Å². The Bertz CT molecular complexity index is 546. The number of nitrogens with one attached hydrogen (secondary N) is 1. The summed E-state index contributed by atoms with van der Waals surface area (Å²) in [5, 5.41) is 4.16. The molecule has 1 N–H and O–H groups in total. The zero-order valence-corrected chi connectivity index (χ0v) is 13.2. The Morgan fingerprint density at radius 1 is 1.30 bits per heavy atom. The summed E-state index contributed by atoms with van der Waals surface area (Å²) < 4.78 is 0. The van der Waals surface area contributed by atoms with E-state index in [1.807, 2.05) is 6.07 Å². The Morgan fingerprint density at radius 2 is 2.20 bits per heavy atom. The van der Waals surface area contributed by atoms with Gasteiger partial charge in [0.15, 0.2) is 0 Å². The second-order valence-electron chi connectivity index (χ2n) is 4.58.